The molecule has 6 nitrogen and oxygen atoms in total. The zero-order valence-corrected chi connectivity index (χ0v) is 17.0. The first-order valence-corrected chi connectivity index (χ1v) is 9.98. The van der Waals surface area contributed by atoms with E-state index >= 15 is 0 Å². The van der Waals surface area contributed by atoms with Gasteiger partial charge < -0.3 is 10.3 Å². The molecule has 28 heavy (non-hydrogen) atoms. The molecule has 2 aromatic carbocycles. The number of nitrogen functional groups attached to an aromatic ring is 1. The third-order valence-electron chi connectivity index (χ3n) is 4.18. The number of nitrogens with two attached hydrogens (primary N) is 1. The highest BCUT2D eigenvalue weighted by atomic mass is 35.5. The number of hydrogen-bond donors (Lipinski definition) is 1. The fourth-order valence-corrected chi connectivity index (χ4v) is 4.17. The molecule has 0 aliphatic rings. The lowest BCUT2D eigenvalue weighted by Crippen LogP contribution is -2.11. The summed E-state index contributed by atoms with van der Waals surface area (Å²) in [6.45, 7) is 1.95. The predicted molar refractivity (Wildman–Crippen MR) is 112 cm³/mol. The van der Waals surface area contributed by atoms with Crippen molar-refractivity contribution < 1.29 is 4.42 Å². The molecule has 4 rings (SSSR count). The van der Waals surface area contributed by atoms with E-state index in [9.17, 15) is 4.79 Å². The van der Waals surface area contributed by atoms with Gasteiger partial charge in [0.15, 0.2) is 5.82 Å². The van der Waals surface area contributed by atoms with Crippen molar-refractivity contribution in [3.63, 3.8) is 0 Å². The van der Waals surface area contributed by atoms with Gasteiger partial charge in [0, 0.05) is 27.8 Å². The van der Waals surface area contributed by atoms with Gasteiger partial charge in [0.1, 0.15) is 5.58 Å². The van der Waals surface area contributed by atoms with Crippen LogP contribution < -0.4 is 11.5 Å². The molecule has 0 amide bonds. The summed E-state index contributed by atoms with van der Waals surface area (Å²) in [4.78, 5) is 11.9. The SMILES string of the molecule is Cc1ccc2c(CSc3nnc(-c4ccc(Cl)cc4Cl)n3N)cc(=O)oc2c1. The van der Waals surface area contributed by atoms with Crippen molar-refractivity contribution in [1.29, 1.82) is 0 Å². The van der Waals surface area contributed by atoms with E-state index in [2.05, 4.69) is 10.2 Å². The maximum Gasteiger partial charge on any atom is 0.336 e. The van der Waals surface area contributed by atoms with Crippen LogP contribution in [0.1, 0.15) is 11.1 Å². The Labute approximate surface area is 174 Å². The van der Waals surface area contributed by atoms with E-state index in [1.54, 1.807) is 18.2 Å². The molecule has 0 aliphatic carbocycles. The van der Waals surface area contributed by atoms with Crippen LogP contribution in [0.15, 0.2) is 56.8 Å². The zero-order valence-electron chi connectivity index (χ0n) is 14.6. The van der Waals surface area contributed by atoms with E-state index in [0.717, 1.165) is 16.5 Å². The number of rotatable bonds is 4. The molecule has 2 N–H and O–H groups in total. The normalized spacial score (nSPS) is 11.2. The number of hydrogen-bond acceptors (Lipinski definition) is 6. The summed E-state index contributed by atoms with van der Waals surface area (Å²) in [7, 11) is 0. The van der Waals surface area contributed by atoms with Crippen LogP contribution in [0.2, 0.25) is 10.0 Å². The first kappa shape index (κ1) is 18.9. The minimum absolute atomic E-state index is 0.392. The van der Waals surface area contributed by atoms with Gasteiger partial charge >= 0.3 is 5.63 Å². The molecule has 2 heterocycles. The van der Waals surface area contributed by atoms with E-state index in [-0.39, 0.29) is 0 Å². The van der Waals surface area contributed by atoms with Gasteiger partial charge in [-0.25, -0.2) is 9.47 Å². The first-order chi connectivity index (χ1) is 13.4. The molecule has 0 saturated carbocycles. The van der Waals surface area contributed by atoms with E-state index < -0.39 is 5.63 Å². The predicted octanol–water partition coefficient (Wildman–Crippen LogP) is 4.67. The Hall–Kier alpha value is -2.48. The largest absolute Gasteiger partial charge is 0.423 e. The van der Waals surface area contributed by atoms with E-state index in [1.807, 2.05) is 25.1 Å². The Bertz CT molecular complexity index is 1250. The molecule has 0 radical (unpaired) electrons. The molecule has 4 aromatic rings. The highest BCUT2D eigenvalue weighted by molar-refractivity contribution is 7.98. The van der Waals surface area contributed by atoms with Crippen LogP contribution in [0.3, 0.4) is 0 Å². The second kappa shape index (κ2) is 7.50. The standard InChI is InChI=1S/C19H14Cl2N4O2S/c1-10-2-4-13-11(7-17(26)27-16(13)6-10)9-28-19-24-23-18(25(19)22)14-5-3-12(20)8-15(14)21/h2-8H,9,22H2,1H3. The third kappa shape index (κ3) is 3.61. The lowest BCUT2D eigenvalue weighted by Gasteiger charge is -2.07. The van der Waals surface area contributed by atoms with Gasteiger partial charge in [-0.05, 0) is 42.3 Å². The van der Waals surface area contributed by atoms with Gasteiger partial charge in [0.2, 0.25) is 5.16 Å². The fourth-order valence-electron chi connectivity index (χ4n) is 2.83. The second-order valence-corrected chi connectivity index (χ2v) is 7.97. The number of halogens is 2. The van der Waals surface area contributed by atoms with Gasteiger partial charge in [-0.2, -0.15) is 0 Å². The van der Waals surface area contributed by atoms with Crippen molar-refractivity contribution in [3.8, 4) is 11.4 Å². The second-order valence-electron chi connectivity index (χ2n) is 6.18. The average molecular weight is 433 g/mol. The quantitative estimate of drug-likeness (QED) is 0.286. The van der Waals surface area contributed by atoms with Crippen molar-refractivity contribution in [2.75, 3.05) is 5.84 Å². The fraction of sp³-hybridized carbons (Fsp3) is 0.105. The van der Waals surface area contributed by atoms with Gasteiger partial charge in [0.05, 0.1) is 5.02 Å². The van der Waals surface area contributed by atoms with Crippen LogP contribution in [0, 0.1) is 6.92 Å². The Morgan fingerprint density at radius 2 is 1.96 bits per heavy atom. The molecule has 0 atom stereocenters. The summed E-state index contributed by atoms with van der Waals surface area (Å²) >= 11 is 13.5. The Kier molecular flexibility index (Phi) is 5.05. The molecular formula is C19H14Cl2N4O2S. The lowest BCUT2D eigenvalue weighted by atomic mass is 10.1. The highest BCUT2D eigenvalue weighted by Gasteiger charge is 2.16. The van der Waals surface area contributed by atoms with Gasteiger partial charge in [0.25, 0.3) is 0 Å². The molecular weight excluding hydrogens is 419 g/mol. The van der Waals surface area contributed by atoms with Crippen LogP contribution in [0.25, 0.3) is 22.4 Å². The minimum Gasteiger partial charge on any atom is -0.423 e. The summed E-state index contributed by atoms with van der Waals surface area (Å²) in [6.07, 6.45) is 0. The summed E-state index contributed by atoms with van der Waals surface area (Å²) in [6, 6.07) is 12.3. The van der Waals surface area contributed by atoms with Crippen LogP contribution in [0.5, 0.6) is 0 Å². The van der Waals surface area contributed by atoms with Crippen molar-refractivity contribution in [2.24, 2.45) is 0 Å². The van der Waals surface area contributed by atoms with E-state index in [4.69, 9.17) is 33.5 Å². The van der Waals surface area contributed by atoms with Crippen molar-refractivity contribution in [1.82, 2.24) is 14.9 Å². The van der Waals surface area contributed by atoms with E-state index in [1.165, 1.54) is 22.5 Å². The molecule has 0 fully saturated rings. The molecule has 0 spiro atoms. The number of fused-ring (bicyclic) bond motifs is 1. The van der Waals surface area contributed by atoms with Gasteiger partial charge in [-0.1, -0.05) is 47.1 Å². The topological polar surface area (TPSA) is 86.9 Å². The Morgan fingerprint density at radius 1 is 1.14 bits per heavy atom. The average Bonchev–Trinajstić information content (AvgIpc) is 2.99. The maximum atomic E-state index is 11.9. The molecule has 0 aliphatic heterocycles. The van der Waals surface area contributed by atoms with Crippen LogP contribution in [0.4, 0.5) is 0 Å². The third-order valence-corrected chi connectivity index (χ3v) is 5.72. The lowest BCUT2D eigenvalue weighted by molar-refractivity contribution is 0.559. The summed E-state index contributed by atoms with van der Waals surface area (Å²) in [5, 5.41) is 10.6. The minimum atomic E-state index is -0.392. The number of benzene rings is 2. The molecule has 0 unspecified atom stereocenters. The molecule has 0 bridgehead atoms. The van der Waals surface area contributed by atoms with Crippen molar-refractivity contribution in [3.05, 3.63) is 74.1 Å². The molecule has 142 valence electrons. The molecule has 2 aromatic heterocycles. The highest BCUT2D eigenvalue weighted by Crippen LogP contribution is 2.31. The monoisotopic (exact) mass is 432 g/mol. The summed E-state index contributed by atoms with van der Waals surface area (Å²) in [5.74, 6) is 7.08. The molecule has 0 saturated heterocycles. The molecule has 9 heteroatoms. The zero-order chi connectivity index (χ0) is 19.8. The number of thioether (sulfide) groups is 1. The Balaban J connectivity index is 1.64. The van der Waals surface area contributed by atoms with Crippen LogP contribution >= 0.6 is 35.0 Å². The smallest absolute Gasteiger partial charge is 0.336 e. The first-order valence-electron chi connectivity index (χ1n) is 8.24. The maximum absolute atomic E-state index is 11.9. The van der Waals surface area contributed by atoms with Crippen molar-refractivity contribution in [2.45, 2.75) is 17.8 Å². The Morgan fingerprint density at radius 3 is 2.75 bits per heavy atom. The van der Waals surface area contributed by atoms with Crippen molar-refractivity contribution >= 4 is 45.9 Å². The summed E-state index contributed by atoms with van der Waals surface area (Å²) < 4.78 is 6.67. The van der Waals surface area contributed by atoms with E-state index in [0.29, 0.717) is 37.9 Å². The van der Waals surface area contributed by atoms with Crippen LogP contribution in [-0.4, -0.2) is 14.9 Å². The van der Waals surface area contributed by atoms with Gasteiger partial charge in [-0.3, -0.25) is 0 Å². The number of aryl methyl sites for hydroxylation is 1. The number of aromatic nitrogens is 3. The van der Waals surface area contributed by atoms with Crippen LogP contribution in [-0.2, 0) is 5.75 Å². The van der Waals surface area contributed by atoms with Gasteiger partial charge in [-0.15, -0.1) is 10.2 Å². The summed E-state index contributed by atoms with van der Waals surface area (Å²) in [5.41, 5.74) is 2.66. The number of nitrogens with zero attached hydrogens (tertiary/aromatic N) is 3.